The van der Waals surface area contributed by atoms with E-state index in [1.807, 2.05) is 0 Å². The van der Waals surface area contributed by atoms with Gasteiger partial charge in [-0.3, -0.25) is 5.41 Å². The van der Waals surface area contributed by atoms with Gasteiger partial charge in [0.1, 0.15) is 0 Å². The summed E-state index contributed by atoms with van der Waals surface area (Å²) in [4.78, 5) is 3.07. The Morgan fingerprint density at radius 2 is 1.88 bits per heavy atom. The van der Waals surface area contributed by atoms with Gasteiger partial charge in [0.05, 0.1) is 0 Å². The number of nitrogens with one attached hydrogen (secondary N) is 1. The van der Waals surface area contributed by atoms with E-state index in [0.29, 0.717) is 0 Å². The fourth-order valence-corrected chi connectivity index (χ4v) is 0.0668. The number of nitrogens with two attached hydrogens (primary N) is 1. The molecule has 0 bridgehead atoms. The van der Waals surface area contributed by atoms with Crippen molar-refractivity contribution in [2.75, 3.05) is 0 Å². The van der Waals surface area contributed by atoms with Gasteiger partial charge in [0.2, 0.25) is 0 Å². The number of rotatable bonds is 0. The van der Waals surface area contributed by atoms with Crippen LogP contribution >= 0.6 is 0 Å². The molecular formula is C2H3F3N2O. The van der Waals surface area contributed by atoms with Crippen molar-refractivity contribution in [2.45, 2.75) is 6.18 Å². The molecule has 0 spiro atoms. The van der Waals surface area contributed by atoms with Gasteiger partial charge in [-0.25, -0.2) is 0 Å². The molecule has 0 heterocycles. The van der Waals surface area contributed by atoms with Gasteiger partial charge in [-0.15, -0.1) is 0 Å². The van der Waals surface area contributed by atoms with Crippen molar-refractivity contribution >= 4 is 5.90 Å². The van der Waals surface area contributed by atoms with E-state index in [2.05, 4.69) is 10.7 Å². The minimum absolute atomic E-state index is 1.89. The van der Waals surface area contributed by atoms with Crippen LogP contribution in [-0.2, 0) is 4.84 Å². The van der Waals surface area contributed by atoms with Crippen molar-refractivity contribution in [1.82, 2.24) is 0 Å². The average Bonchev–Trinajstić information content (AvgIpc) is 1.62. The topological polar surface area (TPSA) is 59.1 Å². The Morgan fingerprint density at radius 1 is 1.50 bits per heavy atom. The summed E-state index contributed by atoms with van der Waals surface area (Å²) in [5.41, 5.74) is 0. The minimum atomic E-state index is -4.76. The lowest BCUT2D eigenvalue weighted by Gasteiger charge is -2.02. The average molecular weight is 128 g/mol. The standard InChI is InChI=1S/C2H3F3N2O/c3-2(4,5)1(6)8-7/h6H,7H2. The normalized spacial score (nSPS) is 11.0. The van der Waals surface area contributed by atoms with E-state index in [-0.39, 0.29) is 0 Å². The first-order chi connectivity index (χ1) is 3.48. The van der Waals surface area contributed by atoms with Gasteiger partial charge in [-0.2, -0.15) is 19.1 Å². The Balaban J connectivity index is 3.82. The molecule has 0 aliphatic heterocycles. The molecule has 0 unspecified atom stereocenters. The zero-order valence-corrected chi connectivity index (χ0v) is 3.62. The van der Waals surface area contributed by atoms with Gasteiger partial charge in [0.25, 0.3) is 0 Å². The summed E-state index contributed by atoms with van der Waals surface area (Å²) in [6, 6.07) is 0. The summed E-state index contributed by atoms with van der Waals surface area (Å²) in [7, 11) is 0. The monoisotopic (exact) mass is 128 g/mol. The van der Waals surface area contributed by atoms with Crippen LogP contribution in [0, 0.1) is 5.41 Å². The van der Waals surface area contributed by atoms with E-state index in [0.717, 1.165) is 0 Å². The summed E-state index contributed by atoms with van der Waals surface area (Å²) in [5.74, 6) is 2.12. The predicted molar refractivity (Wildman–Crippen MR) is 19.1 cm³/mol. The first-order valence-corrected chi connectivity index (χ1v) is 1.51. The van der Waals surface area contributed by atoms with Crippen molar-refractivity contribution < 1.29 is 18.0 Å². The summed E-state index contributed by atoms with van der Waals surface area (Å²) in [5, 5.41) is 5.92. The van der Waals surface area contributed by atoms with Crippen LogP contribution in [0.25, 0.3) is 0 Å². The van der Waals surface area contributed by atoms with E-state index in [4.69, 9.17) is 5.41 Å². The van der Waals surface area contributed by atoms with Crippen LogP contribution in [0.2, 0.25) is 0 Å². The Bertz CT molecular complexity index is 97.9. The van der Waals surface area contributed by atoms with E-state index in [9.17, 15) is 13.2 Å². The maximum atomic E-state index is 11.0. The van der Waals surface area contributed by atoms with Crippen LogP contribution in [0.3, 0.4) is 0 Å². The molecule has 0 rings (SSSR count). The van der Waals surface area contributed by atoms with Crippen LogP contribution in [0.15, 0.2) is 0 Å². The van der Waals surface area contributed by atoms with Gasteiger partial charge < -0.3 is 4.84 Å². The molecule has 0 amide bonds. The third kappa shape index (κ3) is 1.78. The van der Waals surface area contributed by atoms with Gasteiger partial charge in [0, 0.05) is 0 Å². The molecule has 0 aliphatic rings. The smallest absolute Gasteiger partial charge is 0.386 e. The fourth-order valence-electron chi connectivity index (χ4n) is 0.0668. The Kier molecular flexibility index (Phi) is 1.80. The second-order valence-electron chi connectivity index (χ2n) is 0.945. The molecule has 3 nitrogen and oxygen atoms in total. The molecule has 0 aliphatic carbocycles. The van der Waals surface area contributed by atoms with E-state index in [1.54, 1.807) is 0 Å². The maximum Gasteiger partial charge on any atom is 0.470 e. The lowest BCUT2D eigenvalue weighted by atomic mass is 10.7. The predicted octanol–water partition coefficient (Wildman–Crippen LogP) is 0.416. The third-order valence-electron chi connectivity index (χ3n) is 0.375. The van der Waals surface area contributed by atoms with Gasteiger partial charge in [-0.05, 0) is 0 Å². The SMILES string of the molecule is N=C(ON)C(F)(F)F. The number of alkyl halides is 3. The molecule has 0 aromatic carbocycles. The summed E-state index contributed by atoms with van der Waals surface area (Å²) in [6.45, 7) is 0. The van der Waals surface area contributed by atoms with Crippen LogP contribution in [0.1, 0.15) is 0 Å². The number of halogens is 3. The van der Waals surface area contributed by atoms with Crippen molar-refractivity contribution in [3.05, 3.63) is 0 Å². The van der Waals surface area contributed by atoms with Crippen molar-refractivity contribution in [3.63, 3.8) is 0 Å². The molecule has 6 heteroatoms. The highest BCUT2D eigenvalue weighted by Gasteiger charge is 2.36. The molecule has 0 saturated heterocycles. The Labute approximate surface area is 42.7 Å². The van der Waals surface area contributed by atoms with Gasteiger partial charge >= 0.3 is 12.1 Å². The number of hydrogen-bond donors (Lipinski definition) is 2. The zero-order valence-electron chi connectivity index (χ0n) is 3.62. The summed E-state index contributed by atoms with van der Waals surface area (Å²) < 4.78 is 33.1. The molecule has 8 heavy (non-hydrogen) atoms. The van der Waals surface area contributed by atoms with E-state index < -0.39 is 12.1 Å². The third-order valence-corrected chi connectivity index (χ3v) is 0.375. The fraction of sp³-hybridized carbons (Fsp3) is 0.500. The summed E-state index contributed by atoms with van der Waals surface area (Å²) in [6.07, 6.45) is -4.76. The second-order valence-corrected chi connectivity index (χ2v) is 0.945. The van der Waals surface area contributed by atoms with Crippen molar-refractivity contribution in [3.8, 4) is 0 Å². The second kappa shape index (κ2) is 1.99. The highest BCUT2D eigenvalue weighted by Crippen LogP contribution is 2.15. The molecule has 48 valence electrons. The quantitative estimate of drug-likeness (QED) is 0.282. The van der Waals surface area contributed by atoms with Gasteiger partial charge in [0.15, 0.2) is 0 Å². The first kappa shape index (κ1) is 7.22. The lowest BCUT2D eigenvalue weighted by molar-refractivity contribution is -0.0795. The Morgan fingerprint density at radius 3 is 1.88 bits per heavy atom. The van der Waals surface area contributed by atoms with Crippen LogP contribution in [0.5, 0.6) is 0 Å². The molecule has 0 fully saturated rings. The highest BCUT2D eigenvalue weighted by molar-refractivity contribution is 5.78. The zero-order chi connectivity index (χ0) is 6.78. The lowest BCUT2D eigenvalue weighted by Crippen LogP contribution is -2.26. The highest BCUT2D eigenvalue weighted by atomic mass is 19.4. The minimum Gasteiger partial charge on any atom is -0.386 e. The van der Waals surface area contributed by atoms with Crippen molar-refractivity contribution in [2.24, 2.45) is 5.90 Å². The Hall–Kier alpha value is -0.780. The van der Waals surface area contributed by atoms with Crippen LogP contribution in [-0.4, -0.2) is 12.1 Å². The van der Waals surface area contributed by atoms with Crippen molar-refractivity contribution in [1.29, 1.82) is 5.41 Å². The number of hydrogen-bond acceptors (Lipinski definition) is 3. The van der Waals surface area contributed by atoms with Gasteiger partial charge in [-0.1, -0.05) is 0 Å². The van der Waals surface area contributed by atoms with Crippen LogP contribution < -0.4 is 5.90 Å². The molecule has 0 radical (unpaired) electrons. The molecule has 3 N–H and O–H groups in total. The maximum absolute atomic E-state index is 11.0. The molecular weight excluding hydrogens is 125 g/mol. The summed E-state index contributed by atoms with van der Waals surface area (Å²) >= 11 is 0. The van der Waals surface area contributed by atoms with Crippen LogP contribution in [0.4, 0.5) is 13.2 Å². The molecule has 0 saturated carbocycles. The van der Waals surface area contributed by atoms with E-state index in [1.165, 1.54) is 0 Å². The first-order valence-electron chi connectivity index (χ1n) is 1.51. The molecule has 0 aromatic heterocycles. The molecule has 0 atom stereocenters. The largest absolute Gasteiger partial charge is 0.470 e. The molecule has 0 aromatic rings. The van der Waals surface area contributed by atoms with E-state index >= 15 is 0 Å².